The first-order valence-electron chi connectivity index (χ1n) is 8.69. The van der Waals surface area contributed by atoms with Crippen molar-refractivity contribution in [2.24, 2.45) is 0 Å². The second-order valence-electron chi connectivity index (χ2n) is 7.08. The predicted octanol–water partition coefficient (Wildman–Crippen LogP) is -0.527. The number of amides is 5. The average molecular weight is 390 g/mol. The lowest BCUT2D eigenvalue weighted by atomic mass is 9.92. The molecule has 2 aliphatic rings. The molecule has 2 aliphatic heterocycles. The summed E-state index contributed by atoms with van der Waals surface area (Å²) in [4.78, 5) is 50.8. The lowest BCUT2D eigenvalue weighted by Crippen LogP contribution is -2.47. The first-order chi connectivity index (χ1) is 13.2. The summed E-state index contributed by atoms with van der Waals surface area (Å²) < 4.78 is 10.6. The van der Waals surface area contributed by atoms with Crippen LogP contribution in [0.1, 0.15) is 12.5 Å². The Morgan fingerprint density at radius 1 is 1.25 bits per heavy atom. The minimum atomic E-state index is -1.19. The van der Waals surface area contributed by atoms with Crippen molar-refractivity contribution in [1.82, 2.24) is 20.4 Å². The molecular formula is C18H22N4O6. The van der Waals surface area contributed by atoms with E-state index in [1.54, 1.807) is 39.2 Å². The number of imide groups is 1. The number of rotatable bonds is 6. The zero-order valence-electron chi connectivity index (χ0n) is 15.9. The highest BCUT2D eigenvalue weighted by molar-refractivity contribution is 6.09. The summed E-state index contributed by atoms with van der Waals surface area (Å²) >= 11 is 0. The van der Waals surface area contributed by atoms with Gasteiger partial charge in [-0.3, -0.25) is 19.3 Å². The number of urea groups is 1. The van der Waals surface area contributed by atoms with Crippen molar-refractivity contribution in [3.8, 4) is 11.5 Å². The van der Waals surface area contributed by atoms with E-state index in [1.807, 2.05) is 0 Å². The van der Waals surface area contributed by atoms with Crippen molar-refractivity contribution in [2.45, 2.75) is 18.9 Å². The molecule has 5 amide bonds. The maximum atomic E-state index is 12.8. The molecule has 0 radical (unpaired) electrons. The Morgan fingerprint density at radius 3 is 2.68 bits per heavy atom. The lowest BCUT2D eigenvalue weighted by molar-refractivity contribution is -0.135. The van der Waals surface area contributed by atoms with E-state index in [4.69, 9.17) is 9.47 Å². The average Bonchev–Trinajstić information content (AvgIpc) is 3.17. The largest absolute Gasteiger partial charge is 0.454 e. The van der Waals surface area contributed by atoms with Gasteiger partial charge in [-0.25, -0.2) is 4.79 Å². The van der Waals surface area contributed by atoms with Crippen LogP contribution in [0, 0.1) is 0 Å². The van der Waals surface area contributed by atoms with Crippen molar-refractivity contribution in [3.63, 3.8) is 0 Å². The molecular weight excluding hydrogens is 368 g/mol. The topological polar surface area (TPSA) is 117 Å². The van der Waals surface area contributed by atoms with Gasteiger partial charge in [0, 0.05) is 20.5 Å². The van der Waals surface area contributed by atoms with Crippen LogP contribution in [0.15, 0.2) is 18.2 Å². The molecule has 28 heavy (non-hydrogen) atoms. The molecule has 0 aromatic heterocycles. The number of hydrogen-bond donors (Lipinski definition) is 2. The molecule has 1 aromatic carbocycles. The molecule has 1 atom stereocenters. The summed E-state index contributed by atoms with van der Waals surface area (Å²) in [7, 11) is 3.13. The molecule has 10 heteroatoms. The number of ether oxygens (including phenoxy) is 2. The molecule has 0 spiro atoms. The Morgan fingerprint density at radius 2 is 1.96 bits per heavy atom. The summed E-state index contributed by atoms with van der Waals surface area (Å²) in [6, 6.07) is 4.65. The van der Waals surface area contributed by atoms with E-state index in [0.717, 1.165) is 10.5 Å². The lowest BCUT2D eigenvalue weighted by Gasteiger charge is -2.22. The minimum absolute atomic E-state index is 0.144. The molecule has 150 valence electrons. The summed E-state index contributed by atoms with van der Waals surface area (Å²) in [6.07, 6.45) is 0.228. The number of carbonyl (C=O) groups is 4. The Kier molecular flexibility index (Phi) is 5.12. The van der Waals surface area contributed by atoms with Gasteiger partial charge in [-0.05, 0) is 24.6 Å². The van der Waals surface area contributed by atoms with E-state index < -0.39 is 29.9 Å². The zero-order valence-corrected chi connectivity index (χ0v) is 15.9. The van der Waals surface area contributed by atoms with Crippen molar-refractivity contribution in [3.05, 3.63) is 23.8 Å². The van der Waals surface area contributed by atoms with Crippen molar-refractivity contribution < 1.29 is 28.7 Å². The summed E-state index contributed by atoms with van der Waals surface area (Å²) in [6.45, 7) is 1.09. The number of benzene rings is 1. The number of nitrogens with zero attached hydrogens (tertiary/aromatic N) is 2. The van der Waals surface area contributed by atoms with Crippen LogP contribution in [-0.4, -0.2) is 73.1 Å². The molecule has 0 unspecified atom stereocenters. The van der Waals surface area contributed by atoms with Gasteiger partial charge in [-0.15, -0.1) is 0 Å². The van der Waals surface area contributed by atoms with E-state index >= 15 is 0 Å². The van der Waals surface area contributed by atoms with Gasteiger partial charge in [0.05, 0.1) is 6.54 Å². The number of fused-ring (bicyclic) bond motifs is 1. The standard InChI is InChI=1S/C18H22N4O6/c1-18(7-11-4-5-12-13(6-11)28-10-27-12)16(25)22(17(26)20-18)9-14(23)19-8-15(24)21(2)3/h4-6H,7-10H2,1-3H3,(H,19,23)(H,20,26)/t18-/m0/s1. The molecule has 0 bridgehead atoms. The van der Waals surface area contributed by atoms with Gasteiger partial charge < -0.3 is 25.0 Å². The molecule has 0 saturated carbocycles. The Balaban J connectivity index is 1.63. The van der Waals surface area contributed by atoms with Gasteiger partial charge in [-0.2, -0.15) is 0 Å². The van der Waals surface area contributed by atoms with E-state index in [0.29, 0.717) is 11.5 Å². The Labute approximate surface area is 161 Å². The molecule has 1 saturated heterocycles. The second-order valence-corrected chi connectivity index (χ2v) is 7.08. The molecule has 3 rings (SSSR count). The third-order valence-corrected chi connectivity index (χ3v) is 4.58. The van der Waals surface area contributed by atoms with Crippen molar-refractivity contribution >= 4 is 23.8 Å². The zero-order chi connectivity index (χ0) is 20.5. The highest BCUT2D eigenvalue weighted by Crippen LogP contribution is 2.34. The molecule has 1 aromatic rings. The maximum absolute atomic E-state index is 12.8. The van der Waals surface area contributed by atoms with Gasteiger partial charge in [-0.1, -0.05) is 6.07 Å². The van der Waals surface area contributed by atoms with E-state index in [1.165, 1.54) is 4.90 Å². The van der Waals surface area contributed by atoms with E-state index in [9.17, 15) is 19.2 Å². The van der Waals surface area contributed by atoms with E-state index in [2.05, 4.69) is 10.6 Å². The molecule has 2 N–H and O–H groups in total. The number of likely N-dealkylation sites (N-methyl/N-ethyl adjacent to an activating group) is 1. The number of carbonyl (C=O) groups excluding carboxylic acids is 4. The highest BCUT2D eigenvalue weighted by Gasteiger charge is 2.48. The first kappa shape index (κ1) is 19.5. The van der Waals surface area contributed by atoms with Gasteiger partial charge in [0.15, 0.2) is 11.5 Å². The highest BCUT2D eigenvalue weighted by atomic mass is 16.7. The monoisotopic (exact) mass is 390 g/mol. The van der Waals surface area contributed by atoms with Gasteiger partial charge in [0.25, 0.3) is 5.91 Å². The third kappa shape index (κ3) is 3.85. The first-order valence-corrected chi connectivity index (χ1v) is 8.69. The van der Waals surface area contributed by atoms with Gasteiger partial charge >= 0.3 is 6.03 Å². The molecule has 0 aliphatic carbocycles. The molecule has 10 nitrogen and oxygen atoms in total. The Bertz CT molecular complexity index is 839. The fourth-order valence-corrected chi connectivity index (χ4v) is 3.00. The van der Waals surface area contributed by atoms with Gasteiger partial charge in [0.1, 0.15) is 12.1 Å². The maximum Gasteiger partial charge on any atom is 0.325 e. The fraction of sp³-hybridized carbons (Fsp3) is 0.444. The smallest absolute Gasteiger partial charge is 0.325 e. The summed E-state index contributed by atoms with van der Waals surface area (Å²) in [5.41, 5.74) is -0.409. The quantitative estimate of drug-likeness (QED) is 0.631. The van der Waals surface area contributed by atoms with Crippen LogP contribution in [0.5, 0.6) is 11.5 Å². The van der Waals surface area contributed by atoms with Crippen LogP contribution in [0.25, 0.3) is 0 Å². The van der Waals surface area contributed by atoms with Crippen LogP contribution in [0.4, 0.5) is 4.79 Å². The van der Waals surface area contributed by atoms with Crippen LogP contribution in [0.2, 0.25) is 0 Å². The number of nitrogens with one attached hydrogen (secondary N) is 2. The summed E-state index contributed by atoms with van der Waals surface area (Å²) in [5, 5.41) is 5.05. The SMILES string of the molecule is CN(C)C(=O)CNC(=O)CN1C(=O)N[C@@](C)(Cc2ccc3c(c2)OCO3)C1=O. The van der Waals surface area contributed by atoms with Crippen molar-refractivity contribution in [1.29, 1.82) is 0 Å². The number of hydrogen-bond acceptors (Lipinski definition) is 6. The second kappa shape index (κ2) is 7.37. The normalized spacial score (nSPS) is 20.2. The summed E-state index contributed by atoms with van der Waals surface area (Å²) in [5.74, 6) is -0.186. The molecule has 1 fully saturated rings. The van der Waals surface area contributed by atoms with E-state index in [-0.39, 0.29) is 25.7 Å². The van der Waals surface area contributed by atoms with Crippen molar-refractivity contribution in [2.75, 3.05) is 34.0 Å². The van der Waals surface area contributed by atoms with Crippen LogP contribution >= 0.6 is 0 Å². The van der Waals surface area contributed by atoms with Gasteiger partial charge in [0.2, 0.25) is 18.6 Å². The van der Waals surface area contributed by atoms with Crippen LogP contribution in [0.3, 0.4) is 0 Å². The molecule has 2 heterocycles. The third-order valence-electron chi connectivity index (χ3n) is 4.58. The van der Waals surface area contributed by atoms with Crippen LogP contribution < -0.4 is 20.1 Å². The predicted molar refractivity (Wildman–Crippen MR) is 96.6 cm³/mol. The fourth-order valence-electron chi connectivity index (χ4n) is 3.00. The minimum Gasteiger partial charge on any atom is -0.454 e. The Hall–Kier alpha value is -3.30. The van der Waals surface area contributed by atoms with Crippen LogP contribution in [-0.2, 0) is 20.8 Å².